The number of hydrogen-bond acceptors (Lipinski definition) is 4. The fraction of sp³-hybridized carbons (Fsp3) is 0.500. The highest BCUT2D eigenvalue weighted by Crippen LogP contribution is 2.33. The minimum atomic E-state index is -4.60. The first-order chi connectivity index (χ1) is 9.96. The Kier molecular flexibility index (Phi) is 5.16. The Hall–Kier alpha value is -2.12. The number of alkyl halides is 3. The third-order valence-electron chi connectivity index (χ3n) is 3.10. The van der Waals surface area contributed by atoms with E-state index >= 15 is 0 Å². The molecule has 5 nitrogen and oxygen atoms in total. The number of nitrogens with two attached hydrogens (primary N) is 1. The molecule has 22 heavy (non-hydrogen) atoms. The van der Waals surface area contributed by atoms with Gasteiger partial charge in [-0.3, -0.25) is 4.79 Å². The zero-order valence-electron chi connectivity index (χ0n) is 12.4. The monoisotopic (exact) mass is 318 g/mol. The molecule has 1 aromatic carbocycles. The zero-order chi connectivity index (χ0) is 17.1. The average molecular weight is 318 g/mol. The Bertz CT molecular complexity index is 565. The molecule has 8 heteroatoms. The zero-order valence-corrected chi connectivity index (χ0v) is 12.4. The van der Waals surface area contributed by atoms with E-state index < -0.39 is 34.7 Å². The van der Waals surface area contributed by atoms with Gasteiger partial charge in [-0.2, -0.15) is 18.1 Å². The van der Waals surface area contributed by atoms with Crippen molar-refractivity contribution in [3.63, 3.8) is 0 Å². The van der Waals surface area contributed by atoms with Crippen molar-refractivity contribution in [2.45, 2.75) is 33.0 Å². The van der Waals surface area contributed by atoms with E-state index in [-0.39, 0.29) is 12.4 Å². The Morgan fingerprint density at radius 3 is 2.32 bits per heavy atom. The van der Waals surface area contributed by atoms with Crippen LogP contribution in [-0.4, -0.2) is 18.6 Å². The van der Waals surface area contributed by atoms with Gasteiger partial charge in [-0.15, -0.1) is 0 Å². The summed E-state index contributed by atoms with van der Waals surface area (Å²) in [5.74, 6) is -1.16. The van der Waals surface area contributed by atoms with Crippen LogP contribution in [0.15, 0.2) is 23.4 Å². The summed E-state index contributed by atoms with van der Waals surface area (Å²) in [5.41, 5.74) is 3.19. The highest BCUT2D eigenvalue weighted by molar-refractivity contribution is 5.95. The Balaban J connectivity index is 3.05. The molecule has 1 unspecified atom stereocenters. The number of hydrogen-bond donors (Lipinski definition) is 1. The van der Waals surface area contributed by atoms with E-state index in [2.05, 4.69) is 5.18 Å². The second-order valence-electron chi connectivity index (χ2n) is 5.87. The molecule has 0 heterocycles. The van der Waals surface area contributed by atoms with Gasteiger partial charge in [0.15, 0.2) is 0 Å². The van der Waals surface area contributed by atoms with Crippen molar-refractivity contribution in [2.24, 2.45) is 16.3 Å². The van der Waals surface area contributed by atoms with Crippen LogP contribution in [0.2, 0.25) is 0 Å². The molecule has 1 aromatic rings. The van der Waals surface area contributed by atoms with Crippen LogP contribution in [0.5, 0.6) is 5.75 Å². The fourth-order valence-electron chi connectivity index (χ4n) is 1.63. The van der Waals surface area contributed by atoms with Gasteiger partial charge < -0.3 is 10.5 Å². The van der Waals surface area contributed by atoms with Crippen LogP contribution in [0.3, 0.4) is 0 Å². The molecule has 1 amide bonds. The van der Waals surface area contributed by atoms with Crippen LogP contribution in [-0.2, 0) is 6.18 Å². The van der Waals surface area contributed by atoms with E-state index in [9.17, 15) is 22.9 Å². The van der Waals surface area contributed by atoms with Crippen molar-refractivity contribution in [1.82, 2.24) is 0 Å². The molecule has 0 radical (unpaired) electrons. The lowest BCUT2D eigenvalue weighted by Gasteiger charge is -2.24. The van der Waals surface area contributed by atoms with E-state index in [0.29, 0.717) is 6.07 Å². The van der Waals surface area contributed by atoms with E-state index in [4.69, 9.17) is 10.5 Å². The maximum atomic E-state index is 12.6. The van der Waals surface area contributed by atoms with Gasteiger partial charge >= 0.3 is 6.18 Å². The van der Waals surface area contributed by atoms with Crippen LogP contribution >= 0.6 is 0 Å². The lowest BCUT2D eigenvalue weighted by molar-refractivity contribution is -0.137. The maximum Gasteiger partial charge on any atom is 0.416 e. The first-order valence-electron chi connectivity index (χ1n) is 6.43. The predicted octanol–water partition coefficient (Wildman–Crippen LogP) is 3.36. The molecule has 1 atom stereocenters. The molecule has 1 rings (SSSR count). The third kappa shape index (κ3) is 4.44. The minimum Gasteiger partial charge on any atom is -0.490 e. The van der Waals surface area contributed by atoms with Crippen molar-refractivity contribution in [3.05, 3.63) is 34.2 Å². The van der Waals surface area contributed by atoms with Crippen molar-refractivity contribution >= 4 is 5.91 Å². The third-order valence-corrected chi connectivity index (χ3v) is 3.10. The maximum absolute atomic E-state index is 12.6. The summed E-state index contributed by atoms with van der Waals surface area (Å²) in [7, 11) is 0. The van der Waals surface area contributed by atoms with Crippen LogP contribution in [0.25, 0.3) is 0 Å². The second-order valence-corrected chi connectivity index (χ2v) is 5.87. The van der Waals surface area contributed by atoms with Crippen molar-refractivity contribution in [1.29, 1.82) is 0 Å². The van der Waals surface area contributed by atoms with Gasteiger partial charge in [0.2, 0.25) is 0 Å². The van der Waals surface area contributed by atoms with Crippen molar-refractivity contribution in [2.75, 3.05) is 6.61 Å². The lowest BCUT2D eigenvalue weighted by atomic mass is 9.88. The summed E-state index contributed by atoms with van der Waals surface area (Å²) < 4.78 is 43.2. The number of ether oxygens (including phenoxy) is 1. The number of primary amides is 1. The number of carbonyl (C=O) groups is 1. The van der Waals surface area contributed by atoms with E-state index in [1.54, 1.807) is 20.8 Å². The molecule has 0 spiro atoms. The minimum absolute atomic E-state index is 0.113. The Morgan fingerprint density at radius 2 is 1.91 bits per heavy atom. The number of halogens is 3. The quantitative estimate of drug-likeness (QED) is 0.845. The lowest BCUT2D eigenvalue weighted by Crippen LogP contribution is -2.30. The summed E-state index contributed by atoms with van der Waals surface area (Å²) in [4.78, 5) is 22.1. The molecule has 0 bridgehead atoms. The van der Waals surface area contributed by atoms with Gasteiger partial charge in [0.25, 0.3) is 5.91 Å². The van der Waals surface area contributed by atoms with Gasteiger partial charge in [-0.25, -0.2) is 0 Å². The number of amides is 1. The van der Waals surface area contributed by atoms with Crippen LogP contribution < -0.4 is 10.5 Å². The molecular weight excluding hydrogens is 301 g/mol. The van der Waals surface area contributed by atoms with Crippen molar-refractivity contribution in [3.8, 4) is 5.75 Å². The van der Waals surface area contributed by atoms with Gasteiger partial charge in [0.05, 0.1) is 11.1 Å². The SMILES string of the molecule is CC(C)(C)C(COc1ccc(C(F)(F)F)cc1C(N)=O)N=O. The van der Waals surface area contributed by atoms with E-state index in [1.807, 2.05) is 0 Å². The van der Waals surface area contributed by atoms with Crippen LogP contribution in [0.1, 0.15) is 36.7 Å². The average Bonchev–Trinajstić information content (AvgIpc) is 2.36. The van der Waals surface area contributed by atoms with E-state index in [1.165, 1.54) is 0 Å². The van der Waals surface area contributed by atoms with Gasteiger partial charge in [-0.05, 0) is 23.6 Å². The van der Waals surface area contributed by atoms with Crippen LogP contribution in [0.4, 0.5) is 13.2 Å². The molecule has 0 aromatic heterocycles. The molecule has 0 saturated heterocycles. The Morgan fingerprint density at radius 1 is 1.32 bits per heavy atom. The standard InChI is InChI=1S/C14H17F3N2O3/c1-13(2,3)11(19-21)7-22-10-5-4-8(14(15,16)17)6-9(10)12(18)20/h4-6,11H,7H2,1-3H3,(H2,18,20). The normalized spacial score (nSPS) is 13.5. The number of carbonyl (C=O) groups excluding carboxylic acids is 1. The van der Waals surface area contributed by atoms with Gasteiger partial charge in [0, 0.05) is 0 Å². The highest BCUT2D eigenvalue weighted by atomic mass is 19.4. The molecule has 0 aliphatic heterocycles. The second kappa shape index (κ2) is 6.33. The predicted molar refractivity (Wildman–Crippen MR) is 74.5 cm³/mol. The van der Waals surface area contributed by atoms with Gasteiger partial charge in [-0.1, -0.05) is 25.9 Å². The van der Waals surface area contributed by atoms with Crippen LogP contribution in [0, 0.1) is 10.3 Å². The Labute approximate surface area is 125 Å². The van der Waals surface area contributed by atoms with Gasteiger partial charge in [0.1, 0.15) is 18.4 Å². The largest absolute Gasteiger partial charge is 0.490 e. The smallest absolute Gasteiger partial charge is 0.416 e. The molecule has 122 valence electrons. The first-order valence-corrected chi connectivity index (χ1v) is 6.43. The number of benzene rings is 1. The number of nitrogens with zero attached hydrogens (tertiary/aromatic N) is 1. The summed E-state index contributed by atoms with van der Waals surface area (Å²) in [6, 6.07) is 1.68. The molecule has 2 N–H and O–H groups in total. The highest BCUT2D eigenvalue weighted by Gasteiger charge is 2.32. The van der Waals surface area contributed by atoms with Crippen molar-refractivity contribution < 1.29 is 22.7 Å². The number of rotatable bonds is 5. The summed E-state index contributed by atoms with van der Waals surface area (Å²) in [6.45, 7) is 5.14. The number of nitroso groups, excluding NO2 is 1. The molecular formula is C14H17F3N2O3. The topological polar surface area (TPSA) is 81.8 Å². The molecule has 0 fully saturated rings. The summed E-state index contributed by atoms with van der Waals surface area (Å²) in [5, 5.41) is 2.93. The molecule has 0 aliphatic carbocycles. The van der Waals surface area contributed by atoms with E-state index in [0.717, 1.165) is 12.1 Å². The first kappa shape index (κ1) is 17.9. The summed E-state index contributed by atoms with van der Waals surface area (Å²) in [6.07, 6.45) is -4.60. The molecule has 0 aliphatic rings. The fourth-order valence-corrected chi connectivity index (χ4v) is 1.63. The molecule has 0 saturated carbocycles. The summed E-state index contributed by atoms with van der Waals surface area (Å²) >= 11 is 0.